The van der Waals surface area contributed by atoms with Crippen molar-refractivity contribution in [2.75, 3.05) is 6.54 Å². The van der Waals surface area contributed by atoms with E-state index in [1.54, 1.807) is 23.5 Å². The van der Waals surface area contributed by atoms with Crippen molar-refractivity contribution in [1.82, 2.24) is 10.3 Å². The van der Waals surface area contributed by atoms with Gasteiger partial charge >= 0.3 is 0 Å². The molecule has 0 atom stereocenters. The van der Waals surface area contributed by atoms with Crippen LogP contribution in [0.3, 0.4) is 0 Å². The second-order valence-electron chi connectivity index (χ2n) is 5.32. The summed E-state index contributed by atoms with van der Waals surface area (Å²) in [7, 11) is 0. The normalized spacial score (nSPS) is 14.0. The minimum atomic E-state index is -0.0106. The fraction of sp³-hybridized carbons (Fsp3) is 0.375. The molecule has 21 heavy (non-hydrogen) atoms. The SMILES string of the molecule is Cc1nc(COc2ccc(C(=O)NCC3CC3)cc2)cs1. The number of nitrogens with zero attached hydrogens (tertiary/aromatic N) is 1. The van der Waals surface area contributed by atoms with Crippen LogP contribution in [0.4, 0.5) is 0 Å². The number of carbonyl (C=O) groups is 1. The van der Waals surface area contributed by atoms with E-state index in [2.05, 4.69) is 10.3 Å². The van der Waals surface area contributed by atoms with E-state index in [4.69, 9.17) is 4.74 Å². The molecule has 0 spiro atoms. The molecular weight excluding hydrogens is 284 g/mol. The topological polar surface area (TPSA) is 51.2 Å². The molecule has 0 unspecified atom stereocenters. The van der Waals surface area contributed by atoms with Crippen molar-refractivity contribution < 1.29 is 9.53 Å². The van der Waals surface area contributed by atoms with Crippen LogP contribution in [0.15, 0.2) is 29.6 Å². The lowest BCUT2D eigenvalue weighted by atomic mass is 10.2. The van der Waals surface area contributed by atoms with E-state index in [1.165, 1.54) is 12.8 Å². The third-order valence-corrected chi connectivity index (χ3v) is 4.24. The van der Waals surface area contributed by atoms with Crippen LogP contribution >= 0.6 is 11.3 Å². The van der Waals surface area contributed by atoms with Gasteiger partial charge in [0, 0.05) is 17.5 Å². The fourth-order valence-corrected chi connectivity index (χ4v) is 2.59. The first-order valence-electron chi connectivity index (χ1n) is 7.13. The maximum absolute atomic E-state index is 11.9. The summed E-state index contributed by atoms with van der Waals surface area (Å²) in [4.78, 5) is 16.3. The van der Waals surface area contributed by atoms with Gasteiger partial charge in [-0.15, -0.1) is 11.3 Å². The number of thiazole rings is 1. The zero-order valence-corrected chi connectivity index (χ0v) is 12.8. The molecule has 1 aromatic carbocycles. The lowest BCUT2D eigenvalue weighted by Gasteiger charge is -2.07. The maximum atomic E-state index is 11.9. The molecule has 5 heteroatoms. The highest BCUT2D eigenvalue weighted by Gasteiger charge is 2.21. The molecule has 0 bridgehead atoms. The van der Waals surface area contributed by atoms with E-state index in [1.807, 2.05) is 24.4 Å². The summed E-state index contributed by atoms with van der Waals surface area (Å²) in [6, 6.07) is 7.24. The largest absolute Gasteiger partial charge is 0.487 e. The number of aryl methyl sites for hydroxylation is 1. The molecular formula is C16H18N2O2S. The zero-order valence-electron chi connectivity index (χ0n) is 12.0. The van der Waals surface area contributed by atoms with Crippen molar-refractivity contribution >= 4 is 17.2 Å². The zero-order chi connectivity index (χ0) is 14.7. The first-order valence-corrected chi connectivity index (χ1v) is 8.01. The molecule has 0 saturated heterocycles. The number of aromatic nitrogens is 1. The van der Waals surface area contributed by atoms with Crippen molar-refractivity contribution in [1.29, 1.82) is 0 Å². The number of rotatable bonds is 6. The van der Waals surface area contributed by atoms with E-state index in [0.29, 0.717) is 18.1 Å². The highest BCUT2D eigenvalue weighted by Crippen LogP contribution is 2.27. The van der Waals surface area contributed by atoms with Crippen LogP contribution in [0.1, 0.15) is 33.9 Å². The Hall–Kier alpha value is -1.88. The molecule has 110 valence electrons. The number of carbonyl (C=O) groups excluding carboxylic acids is 1. The third-order valence-electron chi connectivity index (χ3n) is 3.42. The Morgan fingerprint density at radius 1 is 1.38 bits per heavy atom. The van der Waals surface area contributed by atoms with E-state index < -0.39 is 0 Å². The Morgan fingerprint density at radius 2 is 2.14 bits per heavy atom. The first kappa shape index (κ1) is 14.1. The van der Waals surface area contributed by atoms with Crippen LogP contribution in [0.2, 0.25) is 0 Å². The smallest absolute Gasteiger partial charge is 0.251 e. The predicted molar refractivity (Wildman–Crippen MR) is 82.7 cm³/mol. The van der Waals surface area contributed by atoms with E-state index in [-0.39, 0.29) is 5.91 Å². The van der Waals surface area contributed by atoms with Crippen molar-refractivity contribution in [3.05, 3.63) is 45.9 Å². The molecule has 2 aromatic rings. The minimum absolute atomic E-state index is 0.0106. The van der Waals surface area contributed by atoms with E-state index in [9.17, 15) is 4.79 Å². The molecule has 1 saturated carbocycles. The average molecular weight is 302 g/mol. The van der Waals surface area contributed by atoms with Crippen LogP contribution in [0, 0.1) is 12.8 Å². The molecule has 1 heterocycles. The molecule has 0 aliphatic heterocycles. The van der Waals surface area contributed by atoms with Crippen LogP contribution in [-0.2, 0) is 6.61 Å². The summed E-state index contributed by atoms with van der Waals surface area (Å²) in [5, 5.41) is 5.99. The van der Waals surface area contributed by atoms with Gasteiger partial charge in [0.1, 0.15) is 12.4 Å². The standard InChI is InChI=1S/C16H18N2O2S/c1-11-18-14(10-21-11)9-20-15-6-4-13(5-7-15)16(19)17-8-12-2-3-12/h4-7,10,12H,2-3,8-9H2,1H3,(H,17,19). The molecule has 1 aliphatic carbocycles. The maximum Gasteiger partial charge on any atom is 0.251 e. The second-order valence-corrected chi connectivity index (χ2v) is 6.39. The number of nitrogens with one attached hydrogen (secondary N) is 1. The van der Waals surface area contributed by atoms with Crippen LogP contribution in [0.5, 0.6) is 5.75 Å². The van der Waals surface area contributed by atoms with Crippen molar-refractivity contribution in [2.24, 2.45) is 5.92 Å². The van der Waals surface area contributed by atoms with Crippen LogP contribution < -0.4 is 10.1 Å². The Bertz CT molecular complexity index is 617. The lowest BCUT2D eigenvalue weighted by molar-refractivity contribution is 0.0952. The van der Waals surface area contributed by atoms with Gasteiger partial charge in [-0.05, 0) is 49.9 Å². The highest BCUT2D eigenvalue weighted by molar-refractivity contribution is 7.09. The van der Waals surface area contributed by atoms with Gasteiger partial charge in [0.15, 0.2) is 0 Å². The number of hydrogen-bond acceptors (Lipinski definition) is 4. The Balaban J connectivity index is 1.51. The summed E-state index contributed by atoms with van der Waals surface area (Å²) >= 11 is 1.61. The van der Waals surface area contributed by atoms with Gasteiger partial charge in [-0.1, -0.05) is 0 Å². The Labute approximate surface area is 128 Å². The Morgan fingerprint density at radius 3 is 2.76 bits per heavy atom. The molecule has 1 aliphatic rings. The van der Waals surface area contributed by atoms with Gasteiger partial charge < -0.3 is 10.1 Å². The summed E-state index contributed by atoms with van der Waals surface area (Å²) in [5.41, 5.74) is 1.61. The molecule has 1 fully saturated rings. The highest BCUT2D eigenvalue weighted by atomic mass is 32.1. The molecule has 0 radical (unpaired) electrons. The number of hydrogen-bond donors (Lipinski definition) is 1. The van der Waals surface area contributed by atoms with Gasteiger partial charge in [-0.2, -0.15) is 0 Å². The Kier molecular flexibility index (Phi) is 4.20. The molecule has 3 rings (SSSR count). The van der Waals surface area contributed by atoms with E-state index >= 15 is 0 Å². The van der Waals surface area contributed by atoms with Crippen molar-refractivity contribution in [2.45, 2.75) is 26.4 Å². The molecule has 1 amide bonds. The monoisotopic (exact) mass is 302 g/mol. The number of ether oxygens (including phenoxy) is 1. The average Bonchev–Trinajstić information content (AvgIpc) is 3.24. The molecule has 1 N–H and O–H groups in total. The van der Waals surface area contributed by atoms with Gasteiger partial charge in [-0.3, -0.25) is 4.79 Å². The van der Waals surface area contributed by atoms with Gasteiger partial charge in [0.25, 0.3) is 5.91 Å². The summed E-state index contributed by atoms with van der Waals surface area (Å²) < 4.78 is 5.66. The molecule has 4 nitrogen and oxygen atoms in total. The van der Waals surface area contributed by atoms with Crippen molar-refractivity contribution in [3.8, 4) is 5.75 Å². The molecule has 1 aromatic heterocycles. The van der Waals surface area contributed by atoms with E-state index in [0.717, 1.165) is 23.0 Å². The quantitative estimate of drug-likeness (QED) is 0.891. The van der Waals surface area contributed by atoms with Crippen molar-refractivity contribution in [3.63, 3.8) is 0 Å². The number of benzene rings is 1. The second kappa shape index (κ2) is 6.26. The van der Waals surface area contributed by atoms with Crippen LogP contribution in [0.25, 0.3) is 0 Å². The third kappa shape index (κ3) is 4.04. The number of amides is 1. The first-order chi connectivity index (χ1) is 10.2. The lowest BCUT2D eigenvalue weighted by Crippen LogP contribution is -2.25. The minimum Gasteiger partial charge on any atom is -0.487 e. The summed E-state index contributed by atoms with van der Waals surface area (Å²) in [6.45, 7) is 3.22. The van der Waals surface area contributed by atoms with Gasteiger partial charge in [0.2, 0.25) is 0 Å². The summed E-state index contributed by atoms with van der Waals surface area (Å²) in [6.07, 6.45) is 2.48. The van der Waals surface area contributed by atoms with Crippen LogP contribution in [-0.4, -0.2) is 17.4 Å². The van der Waals surface area contributed by atoms with Gasteiger partial charge in [-0.25, -0.2) is 4.98 Å². The predicted octanol–water partition coefficient (Wildman–Crippen LogP) is 3.17. The fourth-order valence-electron chi connectivity index (χ4n) is 2.00. The van der Waals surface area contributed by atoms with Gasteiger partial charge in [0.05, 0.1) is 10.7 Å². The summed E-state index contributed by atoms with van der Waals surface area (Å²) in [5.74, 6) is 1.43.